The van der Waals surface area contributed by atoms with Gasteiger partial charge in [0, 0.05) is 5.38 Å². The van der Waals surface area contributed by atoms with E-state index in [2.05, 4.69) is 27.5 Å². The van der Waals surface area contributed by atoms with Crippen LogP contribution in [0.25, 0.3) is 6.08 Å². The molecule has 1 heterocycles. The molecule has 1 aromatic rings. The largest absolute Gasteiger partial charge is 0.230 e. The Morgan fingerprint density at radius 1 is 1.88 bits per heavy atom. The van der Waals surface area contributed by atoms with Gasteiger partial charge in [-0.05, 0) is 22.0 Å². The van der Waals surface area contributed by atoms with Gasteiger partial charge in [-0.1, -0.05) is 6.58 Å². The quantitative estimate of drug-likeness (QED) is 0.663. The van der Waals surface area contributed by atoms with Gasteiger partial charge in [-0.15, -0.1) is 11.3 Å². The van der Waals surface area contributed by atoms with E-state index in [1.165, 1.54) is 0 Å². The summed E-state index contributed by atoms with van der Waals surface area (Å²) in [6, 6.07) is 0. The summed E-state index contributed by atoms with van der Waals surface area (Å²) in [5, 5.41) is 1.94. The lowest BCUT2D eigenvalue weighted by atomic mass is 10.5. The predicted octanol–water partition coefficient (Wildman–Crippen LogP) is 2.55. The van der Waals surface area contributed by atoms with Gasteiger partial charge in [-0.3, -0.25) is 0 Å². The van der Waals surface area contributed by atoms with Crippen LogP contribution in [0.2, 0.25) is 0 Å². The molecule has 0 N–H and O–H groups in total. The molecule has 0 spiro atoms. The molecule has 8 heavy (non-hydrogen) atoms. The van der Waals surface area contributed by atoms with E-state index < -0.39 is 0 Å². The third-order valence-electron chi connectivity index (χ3n) is 0.703. The van der Waals surface area contributed by atoms with Crippen molar-refractivity contribution in [1.82, 2.24) is 4.98 Å². The summed E-state index contributed by atoms with van der Waals surface area (Å²) >= 11 is 4.80. The molecule has 1 aromatic heterocycles. The smallest absolute Gasteiger partial charge is 0.159 e. The Bertz CT molecular complexity index is 194. The van der Waals surface area contributed by atoms with Crippen molar-refractivity contribution in [3.05, 3.63) is 21.6 Å². The van der Waals surface area contributed by atoms with E-state index >= 15 is 0 Å². The molecule has 0 aliphatic rings. The maximum Gasteiger partial charge on any atom is 0.159 e. The first-order valence-corrected chi connectivity index (χ1v) is 3.73. The van der Waals surface area contributed by atoms with Crippen molar-refractivity contribution >= 4 is 33.3 Å². The first kappa shape index (κ1) is 5.98. The monoisotopic (exact) mass is 189 g/mol. The van der Waals surface area contributed by atoms with Gasteiger partial charge in [0.1, 0.15) is 0 Å². The average molecular weight is 190 g/mol. The second-order valence-electron chi connectivity index (χ2n) is 1.23. The molecule has 0 bridgehead atoms. The van der Waals surface area contributed by atoms with Crippen molar-refractivity contribution < 1.29 is 0 Å². The highest BCUT2D eigenvalue weighted by Crippen LogP contribution is 2.15. The highest BCUT2D eigenvalue weighted by molar-refractivity contribution is 9.11. The highest BCUT2D eigenvalue weighted by Gasteiger charge is 1.90. The maximum atomic E-state index is 4.05. The number of thiazole rings is 1. The molecule has 0 aliphatic carbocycles. The number of rotatable bonds is 1. The summed E-state index contributed by atoms with van der Waals surface area (Å²) < 4.78 is 0.910. The van der Waals surface area contributed by atoms with Crippen molar-refractivity contribution in [2.75, 3.05) is 0 Å². The van der Waals surface area contributed by atoms with Crippen molar-refractivity contribution in [1.29, 1.82) is 0 Å². The Morgan fingerprint density at radius 2 is 2.62 bits per heavy atom. The van der Waals surface area contributed by atoms with Crippen LogP contribution in [0.1, 0.15) is 5.69 Å². The number of hydrogen-bond donors (Lipinski definition) is 0. The van der Waals surface area contributed by atoms with E-state index in [4.69, 9.17) is 0 Å². The van der Waals surface area contributed by atoms with Gasteiger partial charge >= 0.3 is 0 Å². The molecule has 1 rings (SSSR count). The topological polar surface area (TPSA) is 12.9 Å². The van der Waals surface area contributed by atoms with Crippen LogP contribution < -0.4 is 0 Å². The van der Waals surface area contributed by atoms with Gasteiger partial charge in [0.15, 0.2) is 3.92 Å². The van der Waals surface area contributed by atoms with Crippen LogP contribution in [0.5, 0.6) is 0 Å². The van der Waals surface area contributed by atoms with Crippen molar-refractivity contribution in [3.8, 4) is 0 Å². The fraction of sp³-hybridized carbons (Fsp3) is 0. The van der Waals surface area contributed by atoms with E-state index in [0.717, 1.165) is 9.61 Å². The fourth-order valence-electron chi connectivity index (χ4n) is 0.357. The Balaban J connectivity index is 3.00. The summed E-state index contributed by atoms with van der Waals surface area (Å²) in [7, 11) is 0. The number of aromatic nitrogens is 1. The van der Waals surface area contributed by atoms with Crippen LogP contribution in [-0.4, -0.2) is 4.98 Å². The third kappa shape index (κ3) is 1.17. The third-order valence-corrected chi connectivity index (χ3v) is 2.09. The van der Waals surface area contributed by atoms with E-state index in [9.17, 15) is 0 Å². The maximum absolute atomic E-state index is 4.05. The molecule has 1 nitrogen and oxygen atoms in total. The van der Waals surface area contributed by atoms with Crippen LogP contribution in [0.3, 0.4) is 0 Å². The molecule has 0 radical (unpaired) electrons. The average Bonchev–Trinajstić information content (AvgIpc) is 2.14. The molecular formula is C5H4BrNS. The van der Waals surface area contributed by atoms with E-state index in [1.807, 2.05) is 5.38 Å². The summed E-state index contributed by atoms with van der Waals surface area (Å²) in [6.45, 7) is 3.57. The molecule has 0 saturated heterocycles. The summed E-state index contributed by atoms with van der Waals surface area (Å²) in [6.07, 6.45) is 1.72. The summed E-state index contributed by atoms with van der Waals surface area (Å²) in [4.78, 5) is 4.05. The van der Waals surface area contributed by atoms with Gasteiger partial charge in [0.25, 0.3) is 0 Å². The van der Waals surface area contributed by atoms with Crippen molar-refractivity contribution in [3.63, 3.8) is 0 Å². The van der Waals surface area contributed by atoms with Gasteiger partial charge in [0.05, 0.1) is 5.69 Å². The van der Waals surface area contributed by atoms with Crippen molar-refractivity contribution in [2.45, 2.75) is 0 Å². The van der Waals surface area contributed by atoms with Gasteiger partial charge < -0.3 is 0 Å². The molecule has 0 aliphatic heterocycles. The van der Waals surface area contributed by atoms with Crippen LogP contribution in [-0.2, 0) is 0 Å². The minimum Gasteiger partial charge on any atom is -0.230 e. The minimum atomic E-state index is 0.910. The second kappa shape index (κ2) is 2.42. The van der Waals surface area contributed by atoms with Crippen LogP contribution in [0, 0.1) is 0 Å². The van der Waals surface area contributed by atoms with Crippen LogP contribution in [0.4, 0.5) is 0 Å². The van der Waals surface area contributed by atoms with Gasteiger partial charge in [-0.2, -0.15) is 0 Å². The lowest BCUT2D eigenvalue weighted by molar-refractivity contribution is 1.35. The molecule has 42 valence electrons. The molecule has 3 heteroatoms. The van der Waals surface area contributed by atoms with E-state index in [1.54, 1.807) is 17.4 Å². The van der Waals surface area contributed by atoms with E-state index in [0.29, 0.717) is 0 Å². The number of hydrogen-bond acceptors (Lipinski definition) is 2. The second-order valence-corrected chi connectivity index (χ2v) is 3.36. The van der Waals surface area contributed by atoms with Gasteiger partial charge in [0.2, 0.25) is 0 Å². The Labute approximate surface area is 60.2 Å². The molecule has 0 atom stereocenters. The zero-order chi connectivity index (χ0) is 5.98. The Kier molecular flexibility index (Phi) is 1.81. The standard InChI is InChI=1S/C5H4BrNS/c1-2-4-3-8-5(6)7-4/h2-3H,1H2. The predicted molar refractivity (Wildman–Crippen MR) is 39.9 cm³/mol. The molecular weight excluding hydrogens is 186 g/mol. The number of nitrogens with zero attached hydrogens (tertiary/aromatic N) is 1. The lowest BCUT2D eigenvalue weighted by Crippen LogP contribution is -1.64. The molecule has 0 fully saturated rings. The molecule has 0 amide bonds. The summed E-state index contributed by atoms with van der Waals surface area (Å²) in [5.74, 6) is 0. The van der Waals surface area contributed by atoms with Crippen LogP contribution >= 0.6 is 27.3 Å². The fourth-order valence-corrected chi connectivity index (χ4v) is 1.37. The van der Waals surface area contributed by atoms with E-state index in [-0.39, 0.29) is 0 Å². The Hall–Kier alpha value is -0.150. The van der Waals surface area contributed by atoms with Crippen LogP contribution in [0.15, 0.2) is 15.9 Å². The lowest BCUT2D eigenvalue weighted by Gasteiger charge is -1.72. The molecule has 0 aromatic carbocycles. The highest BCUT2D eigenvalue weighted by atomic mass is 79.9. The number of halogens is 1. The van der Waals surface area contributed by atoms with Gasteiger partial charge in [-0.25, -0.2) is 4.98 Å². The first-order valence-electron chi connectivity index (χ1n) is 2.06. The zero-order valence-electron chi connectivity index (χ0n) is 4.10. The SMILES string of the molecule is C=Cc1csc(Br)n1. The molecule has 0 unspecified atom stereocenters. The molecule has 0 saturated carbocycles. The normalized spacial score (nSPS) is 9.12. The zero-order valence-corrected chi connectivity index (χ0v) is 6.50. The van der Waals surface area contributed by atoms with Crippen molar-refractivity contribution in [2.24, 2.45) is 0 Å². The summed E-state index contributed by atoms with van der Waals surface area (Å²) in [5.41, 5.74) is 0.932. The minimum absolute atomic E-state index is 0.910. The first-order chi connectivity index (χ1) is 3.83. The Morgan fingerprint density at radius 3 is 2.88 bits per heavy atom.